The molecule has 1 heterocycles. The Labute approximate surface area is 86.1 Å². The van der Waals surface area contributed by atoms with Crippen LogP contribution in [0.4, 0.5) is 0 Å². The molecule has 1 aliphatic heterocycles. The zero-order valence-corrected chi connectivity index (χ0v) is 8.88. The van der Waals surface area contributed by atoms with Crippen LogP contribution < -0.4 is 4.74 Å². The first-order valence-electron chi connectivity index (χ1n) is 5.58. The van der Waals surface area contributed by atoms with Crippen LogP contribution in [0.1, 0.15) is 36.8 Å². The number of rotatable bonds is 0. The average Bonchev–Trinajstić information content (AvgIpc) is 2.29. The molecule has 0 spiro atoms. The largest absolute Gasteiger partial charge is 0.493 e. The van der Waals surface area contributed by atoms with Crippen LogP contribution in [0.25, 0.3) is 0 Å². The summed E-state index contributed by atoms with van der Waals surface area (Å²) >= 11 is 0. The van der Waals surface area contributed by atoms with Crippen LogP contribution in [0, 0.1) is 6.92 Å². The summed E-state index contributed by atoms with van der Waals surface area (Å²) in [5, 5.41) is 0. The molecular weight excluding hydrogens is 172 g/mol. The fraction of sp³-hybridized carbons (Fsp3) is 0.538. The van der Waals surface area contributed by atoms with Crippen LogP contribution in [0.3, 0.4) is 0 Å². The zero-order chi connectivity index (χ0) is 9.80. The van der Waals surface area contributed by atoms with Gasteiger partial charge in [0.25, 0.3) is 0 Å². The van der Waals surface area contributed by atoms with Crippen molar-refractivity contribution < 1.29 is 4.74 Å². The van der Waals surface area contributed by atoms with Crippen LogP contribution in [0.2, 0.25) is 0 Å². The van der Waals surface area contributed by atoms with E-state index < -0.39 is 0 Å². The van der Waals surface area contributed by atoms with Gasteiger partial charge >= 0.3 is 0 Å². The molecule has 14 heavy (non-hydrogen) atoms. The molecule has 0 N–H and O–H groups in total. The van der Waals surface area contributed by atoms with E-state index in [4.69, 9.17) is 4.74 Å². The van der Waals surface area contributed by atoms with Crippen LogP contribution in [0.15, 0.2) is 18.2 Å². The van der Waals surface area contributed by atoms with E-state index in [0.717, 1.165) is 12.4 Å². The van der Waals surface area contributed by atoms with Gasteiger partial charge in [0.05, 0.1) is 6.61 Å². The molecule has 0 radical (unpaired) electrons. The topological polar surface area (TPSA) is 9.23 Å². The van der Waals surface area contributed by atoms with Crippen LogP contribution in [0.5, 0.6) is 5.75 Å². The van der Waals surface area contributed by atoms with E-state index in [9.17, 15) is 0 Å². The SMILES string of the molecule is Cc1ccc2c(c1)CCCCCCO2. The summed E-state index contributed by atoms with van der Waals surface area (Å²) in [6, 6.07) is 6.52. The maximum atomic E-state index is 5.76. The third-order valence-electron chi connectivity index (χ3n) is 2.81. The molecule has 0 aliphatic carbocycles. The molecule has 0 unspecified atom stereocenters. The molecule has 0 aromatic heterocycles. The summed E-state index contributed by atoms with van der Waals surface area (Å²) in [5.74, 6) is 1.11. The Hall–Kier alpha value is -0.980. The molecule has 1 nitrogen and oxygen atoms in total. The number of ether oxygens (including phenoxy) is 1. The normalized spacial score (nSPS) is 17.2. The van der Waals surface area contributed by atoms with E-state index in [1.54, 1.807) is 0 Å². The molecule has 0 atom stereocenters. The van der Waals surface area contributed by atoms with E-state index >= 15 is 0 Å². The predicted molar refractivity (Wildman–Crippen MR) is 58.8 cm³/mol. The number of hydrogen-bond donors (Lipinski definition) is 0. The quantitative estimate of drug-likeness (QED) is 0.608. The first-order chi connectivity index (χ1) is 6.86. The molecule has 0 amide bonds. The van der Waals surface area contributed by atoms with Crippen LogP contribution in [-0.4, -0.2) is 6.61 Å². The van der Waals surface area contributed by atoms with E-state index in [-0.39, 0.29) is 0 Å². The van der Waals surface area contributed by atoms with Crippen LogP contribution in [-0.2, 0) is 6.42 Å². The second kappa shape index (κ2) is 4.50. The number of aryl methyl sites for hydroxylation is 2. The first-order valence-corrected chi connectivity index (χ1v) is 5.58. The molecule has 1 aromatic rings. The Balaban J connectivity index is 2.22. The minimum Gasteiger partial charge on any atom is -0.493 e. The zero-order valence-electron chi connectivity index (χ0n) is 8.88. The molecule has 76 valence electrons. The van der Waals surface area contributed by atoms with Crippen molar-refractivity contribution in [3.8, 4) is 5.75 Å². The van der Waals surface area contributed by atoms with Crippen molar-refractivity contribution in [3.05, 3.63) is 29.3 Å². The van der Waals surface area contributed by atoms with Crippen molar-refractivity contribution >= 4 is 0 Å². The fourth-order valence-corrected chi connectivity index (χ4v) is 2.00. The molecule has 1 aliphatic rings. The summed E-state index contributed by atoms with van der Waals surface area (Å²) < 4.78 is 5.76. The van der Waals surface area contributed by atoms with E-state index in [1.807, 2.05) is 0 Å². The summed E-state index contributed by atoms with van der Waals surface area (Å²) in [5.41, 5.74) is 2.73. The molecule has 2 rings (SSSR count). The maximum absolute atomic E-state index is 5.76. The van der Waals surface area contributed by atoms with Gasteiger partial charge in [-0.3, -0.25) is 0 Å². The molecular formula is C13H18O. The highest BCUT2D eigenvalue weighted by molar-refractivity contribution is 5.37. The summed E-state index contributed by atoms with van der Waals surface area (Å²) in [6.45, 7) is 3.03. The Bertz CT molecular complexity index is 304. The second-order valence-corrected chi connectivity index (χ2v) is 4.12. The molecule has 1 heteroatoms. The molecule has 0 saturated carbocycles. The van der Waals surface area contributed by atoms with E-state index in [2.05, 4.69) is 25.1 Å². The van der Waals surface area contributed by atoms with Gasteiger partial charge in [-0.25, -0.2) is 0 Å². The smallest absolute Gasteiger partial charge is 0.122 e. The molecule has 0 bridgehead atoms. The van der Waals surface area contributed by atoms with Gasteiger partial charge in [-0.15, -0.1) is 0 Å². The van der Waals surface area contributed by atoms with E-state index in [0.29, 0.717) is 0 Å². The summed E-state index contributed by atoms with van der Waals surface area (Å²) in [4.78, 5) is 0. The van der Waals surface area contributed by atoms with Gasteiger partial charge in [0, 0.05) is 0 Å². The van der Waals surface area contributed by atoms with Crippen molar-refractivity contribution in [3.63, 3.8) is 0 Å². The average molecular weight is 190 g/mol. The maximum Gasteiger partial charge on any atom is 0.122 e. The molecule has 0 fully saturated rings. The van der Waals surface area contributed by atoms with Gasteiger partial charge in [0.1, 0.15) is 5.75 Å². The Kier molecular flexibility index (Phi) is 3.07. The van der Waals surface area contributed by atoms with Crippen molar-refractivity contribution in [2.45, 2.75) is 39.0 Å². The predicted octanol–water partition coefficient (Wildman–Crippen LogP) is 3.49. The third kappa shape index (κ3) is 2.28. The minimum atomic E-state index is 0.885. The van der Waals surface area contributed by atoms with Gasteiger partial charge in [0.15, 0.2) is 0 Å². The number of benzene rings is 1. The number of hydrogen-bond acceptors (Lipinski definition) is 1. The minimum absolute atomic E-state index is 0.885. The highest BCUT2D eigenvalue weighted by Crippen LogP contribution is 2.24. The lowest BCUT2D eigenvalue weighted by molar-refractivity contribution is 0.306. The van der Waals surface area contributed by atoms with Crippen molar-refractivity contribution in [1.29, 1.82) is 0 Å². The fourth-order valence-electron chi connectivity index (χ4n) is 2.00. The van der Waals surface area contributed by atoms with Crippen molar-refractivity contribution in [1.82, 2.24) is 0 Å². The summed E-state index contributed by atoms with van der Waals surface area (Å²) in [7, 11) is 0. The summed E-state index contributed by atoms with van der Waals surface area (Å²) in [6.07, 6.45) is 6.34. The Morgan fingerprint density at radius 1 is 1.07 bits per heavy atom. The highest BCUT2D eigenvalue weighted by atomic mass is 16.5. The van der Waals surface area contributed by atoms with Crippen LogP contribution >= 0.6 is 0 Å². The molecule has 1 aromatic carbocycles. The lowest BCUT2D eigenvalue weighted by Gasteiger charge is -2.09. The standard InChI is InChI=1S/C13H18O/c1-11-7-8-13-12(10-11)6-4-2-3-5-9-14-13/h7-8,10H,2-6,9H2,1H3. The van der Waals surface area contributed by atoms with Gasteiger partial charge in [-0.2, -0.15) is 0 Å². The Morgan fingerprint density at radius 3 is 2.86 bits per heavy atom. The van der Waals surface area contributed by atoms with Gasteiger partial charge < -0.3 is 4.74 Å². The number of fused-ring (bicyclic) bond motifs is 1. The van der Waals surface area contributed by atoms with Gasteiger partial charge in [0.2, 0.25) is 0 Å². The molecule has 0 saturated heterocycles. The van der Waals surface area contributed by atoms with E-state index in [1.165, 1.54) is 43.2 Å². The van der Waals surface area contributed by atoms with Crippen molar-refractivity contribution in [2.75, 3.05) is 6.61 Å². The lowest BCUT2D eigenvalue weighted by atomic mass is 10.0. The first kappa shape index (κ1) is 9.57. The highest BCUT2D eigenvalue weighted by Gasteiger charge is 2.06. The monoisotopic (exact) mass is 190 g/mol. The second-order valence-electron chi connectivity index (χ2n) is 4.12. The van der Waals surface area contributed by atoms with Gasteiger partial charge in [-0.1, -0.05) is 30.5 Å². The van der Waals surface area contributed by atoms with Gasteiger partial charge in [-0.05, 0) is 37.8 Å². The Morgan fingerprint density at radius 2 is 1.93 bits per heavy atom. The third-order valence-corrected chi connectivity index (χ3v) is 2.81. The lowest BCUT2D eigenvalue weighted by Crippen LogP contribution is -1.98. The van der Waals surface area contributed by atoms with Crippen molar-refractivity contribution in [2.24, 2.45) is 0 Å².